The number of rotatable bonds is 9. The Morgan fingerprint density at radius 3 is 2.83 bits per heavy atom. The Morgan fingerprint density at radius 2 is 2.12 bits per heavy atom. The van der Waals surface area contributed by atoms with Gasteiger partial charge in [-0.3, -0.25) is 9.36 Å². The maximum Gasteiger partial charge on any atom is 0.230 e. The number of amides is 1. The van der Waals surface area contributed by atoms with Gasteiger partial charge in [-0.05, 0) is 31.4 Å². The van der Waals surface area contributed by atoms with E-state index in [2.05, 4.69) is 20.1 Å². The smallest absolute Gasteiger partial charge is 0.230 e. The standard InChI is InChI=1S/C17H22N4O2S/c1-23-11-5-10-18-15(22)12-24-17-20-19-16(13-8-9-13)21(17)14-6-3-2-4-7-14/h2-4,6-7,13H,5,8-12H2,1H3,(H,18,22). The van der Waals surface area contributed by atoms with Gasteiger partial charge in [-0.15, -0.1) is 10.2 Å². The molecule has 0 atom stereocenters. The average Bonchev–Trinajstić information content (AvgIpc) is 3.37. The van der Waals surface area contributed by atoms with Gasteiger partial charge >= 0.3 is 0 Å². The highest BCUT2D eigenvalue weighted by Crippen LogP contribution is 2.41. The molecule has 0 radical (unpaired) electrons. The predicted molar refractivity (Wildman–Crippen MR) is 93.6 cm³/mol. The van der Waals surface area contributed by atoms with Crippen molar-refractivity contribution in [2.45, 2.75) is 30.3 Å². The van der Waals surface area contributed by atoms with E-state index in [0.29, 0.717) is 24.8 Å². The Bertz CT molecular complexity index is 670. The van der Waals surface area contributed by atoms with Crippen LogP contribution in [0.25, 0.3) is 5.69 Å². The molecule has 1 saturated carbocycles. The lowest BCUT2D eigenvalue weighted by molar-refractivity contribution is -0.118. The van der Waals surface area contributed by atoms with Crippen LogP contribution in [0, 0.1) is 0 Å². The number of aromatic nitrogens is 3. The first-order chi connectivity index (χ1) is 11.8. The Balaban J connectivity index is 1.64. The van der Waals surface area contributed by atoms with E-state index < -0.39 is 0 Å². The minimum absolute atomic E-state index is 0.00619. The number of carbonyl (C=O) groups excluding carboxylic acids is 1. The largest absolute Gasteiger partial charge is 0.385 e. The number of benzene rings is 1. The molecule has 0 unspecified atom stereocenters. The number of carbonyl (C=O) groups is 1. The van der Waals surface area contributed by atoms with Crippen LogP contribution in [0.3, 0.4) is 0 Å². The molecule has 3 rings (SSSR count). The maximum absolute atomic E-state index is 12.0. The van der Waals surface area contributed by atoms with E-state index in [1.807, 2.05) is 30.3 Å². The van der Waals surface area contributed by atoms with Crippen LogP contribution in [-0.4, -0.2) is 46.7 Å². The summed E-state index contributed by atoms with van der Waals surface area (Å²) in [7, 11) is 1.66. The number of methoxy groups -OCH3 is 1. The van der Waals surface area contributed by atoms with E-state index in [4.69, 9.17) is 4.74 Å². The zero-order chi connectivity index (χ0) is 16.8. The second-order valence-corrected chi connectivity index (χ2v) is 6.71. The molecule has 0 spiro atoms. The van der Waals surface area contributed by atoms with Crippen LogP contribution in [0.4, 0.5) is 0 Å². The molecule has 1 amide bonds. The molecule has 7 heteroatoms. The number of hydrogen-bond donors (Lipinski definition) is 1. The summed E-state index contributed by atoms with van der Waals surface area (Å²) < 4.78 is 7.05. The van der Waals surface area contributed by atoms with Gasteiger partial charge in [-0.25, -0.2) is 0 Å². The zero-order valence-corrected chi connectivity index (χ0v) is 14.6. The topological polar surface area (TPSA) is 69.0 Å². The van der Waals surface area contributed by atoms with Gasteiger partial charge in [0.1, 0.15) is 5.82 Å². The van der Waals surface area contributed by atoms with Crippen molar-refractivity contribution in [2.75, 3.05) is 26.0 Å². The molecule has 6 nitrogen and oxygen atoms in total. The Hall–Kier alpha value is -1.86. The molecule has 24 heavy (non-hydrogen) atoms. The van der Waals surface area contributed by atoms with Crippen molar-refractivity contribution in [3.8, 4) is 5.69 Å². The first-order valence-corrected chi connectivity index (χ1v) is 9.17. The van der Waals surface area contributed by atoms with Gasteiger partial charge in [0, 0.05) is 31.9 Å². The Kier molecular flexibility index (Phi) is 5.87. The van der Waals surface area contributed by atoms with Crippen molar-refractivity contribution >= 4 is 17.7 Å². The highest BCUT2D eigenvalue weighted by atomic mass is 32.2. The second kappa shape index (κ2) is 8.30. The number of nitrogens with zero attached hydrogens (tertiary/aromatic N) is 3. The third-order valence-electron chi connectivity index (χ3n) is 3.80. The van der Waals surface area contributed by atoms with Gasteiger partial charge in [0.25, 0.3) is 0 Å². The van der Waals surface area contributed by atoms with Crippen LogP contribution in [0.15, 0.2) is 35.5 Å². The number of thioether (sulfide) groups is 1. The van der Waals surface area contributed by atoms with Gasteiger partial charge in [0.2, 0.25) is 5.91 Å². The molecule has 128 valence electrons. The summed E-state index contributed by atoms with van der Waals surface area (Å²) in [6.07, 6.45) is 3.14. The van der Waals surface area contributed by atoms with Crippen molar-refractivity contribution in [3.05, 3.63) is 36.2 Å². The van der Waals surface area contributed by atoms with Gasteiger partial charge < -0.3 is 10.1 Å². The van der Waals surface area contributed by atoms with E-state index in [9.17, 15) is 4.79 Å². The van der Waals surface area contributed by atoms with Crippen LogP contribution in [-0.2, 0) is 9.53 Å². The van der Waals surface area contributed by atoms with Crippen LogP contribution in [0.5, 0.6) is 0 Å². The normalized spacial score (nSPS) is 13.9. The van der Waals surface area contributed by atoms with Crippen LogP contribution in [0.1, 0.15) is 31.0 Å². The van der Waals surface area contributed by atoms with E-state index in [0.717, 1.165) is 35.9 Å². The lowest BCUT2D eigenvalue weighted by Crippen LogP contribution is -2.27. The highest BCUT2D eigenvalue weighted by molar-refractivity contribution is 7.99. The molecule has 1 aromatic heterocycles. The summed E-state index contributed by atoms with van der Waals surface area (Å²) in [5, 5.41) is 12.3. The van der Waals surface area contributed by atoms with Crippen LogP contribution in [0.2, 0.25) is 0 Å². The van der Waals surface area contributed by atoms with Crippen LogP contribution < -0.4 is 5.32 Å². The monoisotopic (exact) mass is 346 g/mol. The van der Waals surface area contributed by atoms with Gasteiger partial charge in [-0.1, -0.05) is 30.0 Å². The van der Waals surface area contributed by atoms with Crippen molar-refractivity contribution in [2.24, 2.45) is 0 Å². The van der Waals surface area contributed by atoms with Crippen molar-refractivity contribution < 1.29 is 9.53 Å². The van der Waals surface area contributed by atoms with E-state index in [1.54, 1.807) is 7.11 Å². The summed E-state index contributed by atoms with van der Waals surface area (Å²) >= 11 is 1.43. The summed E-state index contributed by atoms with van der Waals surface area (Å²) in [6, 6.07) is 10.1. The molecule has 1 aliphatic carbocycles. The fourth-order valence-corrected chi connectivity index (χ4v) is 3.21. The van der Waals surface area contributed by atoms with Gasteiger partial charge in [-0.2, -0.15) is 0 Å². The minimum Gasteiger partial charge on any atom is -0.385 e. The fourth-order valence-electron chi connectivity index (χ4n) is 2.43. The zero-order valence-electron chi connectivity index (χ0n) is 13.8. The highest BCUT2D eigenvalue weighted by Gasteiger charge is 2.31. The van der Waals surface area contributed by atoms with Gasteiger partial charge in [0.15, 0.2) is 5.16 Å². The first-order valence-electron chi connectivity index (χ1n) is 8.18. The average molecular weight is 346 g/mol. The number of ether oxygens (including phenoxy) is 1. The Morgan fingerprint density at radius 1 is 1.33 bits per heavy atom. The van der Waals surface area contributed by atoms with Crippen molar-refractivity contribution in [3.63, 3.8) is 0 Å². The molecule has 1 N–H and O–H groups in total. The second-order valence-electron chi connectivity index (χ2n) is 5.77. The molecular formula is C17H22N4O2S. The quantitative estimate of drug-likeness (QED) is 0.558. The molecule has 1 aromatic carbocycles. The first kappa shape index (κ1) is 17.0. The van der Waals surface area contributed by atoms with E-state index in [1.165, 1.54) is 11.8 Å². The Labute approximate surface area is 146 Å². The summed E-state index contributed by atoms with van der Waals surface area (Å²) in [4.78, 5) is 12.0. The predicted octanol–water partition coefficient (Wildman–Crippen LogP) is 2.39. The maximum atomic E-state index is 12.0. The molecule has 1 fully saturated rings. The van der Waals surface area contributed by atoms with E-state index in [-0.39, 0.29) is 5.91 Å². The molecule has 2 aromatic rings. The van der Waals surface area contributed by atoms with Crippen LogP contribution >= 0.6 is 11.8 Å². The third kappa shape index (κ3) is 4.36. The SMILES string of the molecule is COCCCNC(=O)CSc1nnc(C2CC2)n1-c1ccccc1. The molecule has 0 bridgehead atoms. The molecular weight excluding hydrogens is 324 g/mol. The minimum atomic E-state index is 0.00619. The molecule has 1 aliphatic rings. The molecule has 0 saturated heterocycles. The number of hydrogen-bond acceptors (Lipinski definition) is 5. The molecule has 1 heterocycles. The van der Waals surface area contributed by atoms with E-state index >= 15 is 0 Å². The molecule has 0 aliphatic heterocycles. The number of para-hydroxylation sites is 1. The van der Waals surface area contributed by atoms with Gasteiger partial charge in [0.05, 0.1) is 5.75 Å². The lowest BCUT2D eigenvalue weighted by Gasteiger charge is -2.09. The summed E-state index contributed by atoms with van der Waals surface area (Å²) in [5.41, 5.74) is 1.05. The fraction of sp³-hybridized carbons (Fsp3) is 0.471. The summed E-state index contributed by atoms with van der Waals surface area (Å²) in [5.74, 6) is 1.84. The lowest BCUT2D eigenvalue weighted by atomic mass is 10.3. The third-order valence-corrected chi connectivity index (χ3v) is 4.72. The number of nitrogens with one attached hydrogen (secondary N) is 1. The van der Waals surface area contributed by atoms with Crippen molar-refractivity contribution in [1.82, 2.24) is 20.1 Å². The summed E-state index contributed by atoms with van der Waals surface area (Å²) in [6.45, 7) is 1.28. The van der Waals surface area contributed by atoms with Crippen molar-refractivity contribution in [1.29, 1.82) is 0 Å².